The van der Waals surface area contributed by atoms with Gasteiger partial charge in [-0.25, -0.2) is 0 Å². The zero-order valence-corrected chi connectivity index (χ0v) is 18.8. The average molecular weight is 403 g/mol. The predicted octanol–water partition coefficient (Wildman–Crippen LogP) is 5.11. The van der Waals surface area contributed by atoms with Gasteiger partial charge in [0.1, 0.15) is 0 Å². The molecular formula is C21H39O5P. The van der Waals surface area contributed by atoms with Gasteiger partial charge in [0.05, 0.1) is 20.4 Å². The fourth-order valence-electron chi connectivity index (χ4n) is 4.26. The minimum Gasteiger partial charge on any atom is -0.465 e. The van der Waals surface area contributed by atoms with Crippen LogP contribution in [0.2, 0.25) is 0 Å². The molecule has 27 heavy (non-hydrogen) atoms. The SMILES string of the molecule is CCCCP(=O)(CCCC)CC1CC(C(=O)OCC)(C(=O)OCC)CC1C. The van der Waals surface area contributed by atoms with E-state index in [1.54, 1.807) is 13.8 Å². The number of ether oxygens (including phenoxy) is 2. The van der Waals surface area contributed by atoms with Crippen LogP contribution in [0.5, 0.6) is 0 Å². The molecule has 5 nitrogen and oxygen atoms in total. The van der Waals surface area contributed by atoms with E-state index in [9.17, 15) is 14.2 Å². The van der Waals surface area contributed by atoms with Gasteiger partial charge in [0, 0.05) is 18.5 Å². The second-order valence-corrected chi connectivity index (χ2v) is 11.4. The van der Waals surface area contributed by atoms with Crippen LogP contribution in [0.1, 0.15) is 73.1 Å². The van der Waals surface area contributed by atoms with Crippen LogP contribution >= 0.6 is 7.14 Å². The minimum atomic E-state index is -2.29. The Labute approximate surface area is 165 Å². The van der Waals surface area contributed by atoms with Gasteiger partial charge >= 0.3 is 11.9 Å². The van der Waals surface area contributed by atoms with Crippen LogP contribution in [0, 0.1) is 17.3 Å². The molecule has 0 saturated heterocycles. The van der Waals surface area contributed by atoms with Crippen molar-refractivity contribution in [1.82, 2.24) is 0 Å². The molecule has 1 saturated carbocycles. The Morgan fingerprint density at radius 1 is 0.926 bits per heavy atom. The third-order valence-electron chi connectivity index (χ3n) is 5.82. The van der Waals surface area contributed by atoms with E-state index in [4.69, 9.17) is 9.47 Å². The number of esters is 2. The molecule has 0 aliphatic heterocycles. The summed E-state index contributed by atoms with van der Waals surface area (Å²) in [5, 5.41) is 0. The first kappa shape index (κ1) is 24.2. The van der Waals surface area contributed by atoms with Crippen molar-refractivity contribution in [3.63, 3.8) is 0 Å². The van der Waals surface area contributed by atoms with Gasteiger partial charge < -0.3 is 14.0 Å². The quantitative estimate of drug-likeness (QED) is 0.258. The Hall–Kier alpha value is -0.830. The van der Waals surface area contributed by atoms with Crippen molar-refractivity contribution < 1.29 is 23.6 Å². The fourth-order valence-corrected chi connectivity index (χ4v) is 7.98. The second-order valence-electron chi connectivity index (χ2n) is 8.06. The van der Waals surface area contributed by atoms with Crippen LogP contribution in [0.25, 0.3) is 0 Å². The second kappa shape index (κ2) is 11.2. The molecule has 0 bridgehead atoms. The summed E-state index contributed by atoms with van der Waals surface area (Å²) in [5.41, 5.74) is -1.23. The number of carbonyl (C=O) groups is 2. The number of carbonyl (C=O) groups excluding carboxylic acids is 2. The van der Waals surface area contributed by atoms with Gasteiger partial charge in [-0.3, -0.25) is 9.59 Å². The lowest BCUT2D eigenvalue weighted by atomic mass is 9.85. The molecule has 1 aliphatic carbocycles. The molecular weight excluding hydrogens is 363 g/mol. The maximum atomic E-state index is 13.6. The standard InChI is InChI=1S/C21H39O5P/c1-6-10-12-27(24,13-11-7-2)16-18-15-21(14-17(18)5,19(22)25-8-3)20(23)26-9-4/h17-18H,6-16H2,1-5H3. The number of rotatable bonds is 12. The summed E-state index contributed by atoms with van der Waals surface area (Å²) in [7, 11) is -2.29. The third kappa shape index (κ3) is 6.34. The molecule has 0 aromatic carbocycles. The lowest BCUT2D eigenvalue weighted by molar-refractivity contribution is -0.172. The summed E-state index contributed by atoms with van der Waals surface area (Å²) < 4.78 is 24.1. The first-order valence-corrected chi connectivity index (χ1v) is 13.0. The summed E-state index contributed by atoms with van der Waals surface area (Å²) in [6, 6.07) is 0. The van der Waals surface area contributed by atoms with Crippen molar-refractivity contribution in [3.8, 4) is 0 Å². The molecule has 0 N–H and O–H groups in total. The van der Waals surface area contributed by atoms with E-state index in [0.717, 1.165) is 38.0 Å². The summed E-state index contributed by atoms with van der Waals surface area (Å²) in [4.78, 5) is 25.4. The molecule has 0 aromatic rings. The molecule has 0 spiro atoms. The topological polar surface area (TPSA) is 69.7 Å². The molecule has 0 radical (unpaired) electrons. The van der Waals surface area contributed by atoms with Crippen molar-refractivity contribution in [3.05, 3.63) is 0 Å². The first-order chi connectivity index (χ1) is 12.8. The molecule has 2 atom stereocenters. The van der Waals surface area contributed by atoms with E-state index in [0.29, 0.717) is 19.0 Å². The Morgan fingerprint density at radius 2 is 1.41 bits per heavy atom. The molecule has 6 heteroatoms. The Balaban J connectivity index is 3.03. The van der Waals surface area contributed by atoms with E-state index in [1.165, 1.54) is 0 Å². The van der Waals surface area contributed by atoms with Gasteiger partial charge in [0.2, 0.25) is 0 Å². The van der Waals surface area contributed by atoms with E-state index < -0.39 is 24.5 Å². The average Bonchev–Trinajstić information content (AvgIpc) is 2.96. The number of hydrogen-bond acceptors (Lipinski definition) is 5. The lowest BCUT2D eigenvalue weighted by Gasteiger charge is -2.26. The number of unbranched alkanes of at least 4 members (excludes halogenated alkanes) is 2. The molecule has 158 valence electrons. The van der Waals surface area contributed by atoms with Crippen LogP contribution in [0.4, 0.5) is 0 Å². The summed E-state index contributed by atoms with van der Waals surface area (Å²) in [5.74, 6) is -0.710. The van der Waals surface area contributed by atoms with Crippen LogP contribution in [0.15, 0.2) is 0 Å². The fraction of sp³-hybridized carbons (Fsp3) is 0.905. The van der Waals surface area contributed by atoms with Crippen LogP contribution in [-0.2, 0) is 23.6 Å². The molecule has 1 aliphatic rings. The molecule has 0 heterocycles. The maximum Gasteiger partial charge on any atom is 0.323 e. The third-order valence-corrected chi connectivity index (χ3v) is 9.22. The highest BCUT2D eigenvalue weighted by Crippen LogP contribution is 2.56. The zero-order chi connectivity index (χ0) is 20.5. The van der Waals surface area contributed by atoms with E-state index in [1.807, 2.05) is 0 Å². The van der Waals surface area contributed by atoms with Crippen molar-refractivity contribution in [2.45, 2.75) is 73.1 Å². The summed E-state index contributed by atoms with van der Waals surface area (Å²) in [6.45, 7) is 10.3. The molecule has 1 fully saturated rings. The molecule has 0 aromatic heterocycles. The normalized spacial score (nSPS) is 21.8. The number of hydrogen-bond donors (Lipinski definition) is 0. The van der Waals surface area contributed by atoms with Gasteiger partial charge in [-0.1, -0.05) is 33.6 Å². The van der Waals surface area contributed by atoms with Crippen LogP contribution in [0.3, 0.4) is 0 Å². The van der Waals surface area contributed by atoms with Crippen molar-refractivity contribution in [2.24, 2.45) is 17.3 Å². The van der Waals surface area contributed by atoms with E-state index >= 15 is 0 Å². The smallest absolute Gasteiger partial charge is 0.323 e. The first-order valence-electron chi connectivity index (χ1n) is 10.7. The highest BCUT2D eigenvalue weighted by molar-refractivity contribution is 7.63. The van der Waals surface area contributed by atoms with E-state index in [-0.39, 0.29) is 25.0 Å². The largest absolute Gasteiger partial charge is 0.465 e. The van der Waals surface area contributed by atoms with Crippen molar-refractivity contribution in [2.75, 3.05) is 31.7 Å². The van der Waals surface area contributed by atoms with Gasteiger partial charge in [0.25, 0.3) is 0 Å². The predicted molar refractivity (Wildman–Crippen MR) is 110 cm³/mol. The highest BCUT2D eigenvalue weighted by atomic mass is 31.2. The Bertz CT molecular complexity index is 501. The van der Waals surface area contributed by atoms with Gasteiger partial charge in [0.15, 0.2) is 5.41 Å². The zero-order valence-electron chi connectivity index (χ0n) is 17.9. The minimum absolute atomic E-state index is 0.0957. The maximum absolute atomic E-state index is 13.6. The molecule has 0 amide bonds. The summed E-state index contributed by atoms with van der Waals surface area (Å²) >= 11 is 0. The van der Waals surface area contributed by atoms with Gasteiger partial charge in [-0.15, -0.1) is 0 Å². The van der Waals surface area contributed by atoms with E-state index in [2.05, 4.69) is 20.8 Å². The van der Waals surface area contributed by atoms with Crippen molar-refractivity contribution in [1.29, 1.82) is 0 Å². The van der Waals surface area contributed by atoms with Crippen LogP contribution in [-0.4, -0.2) is 43.6 Å². The van der Waals surface area contributed by atoms with Gasteiger partial charge in [-0.2, -0.15) is 0 Å². The molecule has 1 rings (SSSR count). The van der Waals surface area contributed by atoms with Crippen molar-refractivity contribution >= 4 is 19.1 Å². The summed E-state index contributed by atoms with van der Waals surface area (Å²) in [6.07, 6.45) is 7.03. The van der Waals surface area contributed by atoms with Gasteiger partial charge in [-0.05, 0) is 51.4 Å². The Kier molecular flexibility index (Phi) is 10.1. The lowest BCUT2D eigenvalue weighted by Crippen LogP contribution is -2.40. The van der Waals surface area contributed by atoms with Crippen LogP contribution < -0.4 is 0 Å². The molecule has 2 unspecified atom stereocenters. The monoisotopic (exact) mass is 402 g/mol. The Morgan fingerprint density at radius 3 is 1.81 bits per heavy atom. The highest BCUT2D eigenvalue weighted by Gasteiger charge is 2.57.